The quantitative estimate of drug-likeness (QED) is 0.0588. The Morgan fingerprint density at radius 2 is 0.630 bits per heavy atom. The van der Waals surface area contributed by atoms with Crippen LogP contribution in [-0.2, 0) is 64.8 Å². The molecule has 0 amide bonds. The second-order valence-electron chi connectivity index (χ2n) is 38.1. The number of aromatic nitrogens is 8. The Kier molecular flexibility index (Phi) is 30.0. The molecule has 14 rings (SSSR count). The number of fused-ring (bicyclic) bond motifs is 4. The summed E-state index contributed by atoms with van der Waals surface area (Å²) in [5, 5.41) is 6.93. The molecule has 0 spiro atoms. The highest BCUT2D eigenvalue weighted by molar-refractivity contribution is 6.31. The minimum Gasteiger partial charge on any atom is -0.360 e. The number of benzene rings is 5. The Morgan fingerprint density at radius 1 is 0.378 bits per heavy atom. The molecule has 670 valence electrons. The van der Waals surface area contributed by atoms with Crippen molar-refractivity contribution in [3.8, 4) is 44.5 Å². The molecule has 8 heterocycles. The van der Waals surface area contributed by atoms with Gasteiger partial charge in [0.05, 0.1) is 22.4 Å². The Labute approximate surface area is 771 Å². The summed E-state index contributed by atoms with van der Waals surface area (Å²) in [6, 6.07) is 41.5. The first-order valence-corrected chi connectivity index (χ1v) is 45.2. The third-order valence-corrected chi connectivity index (χ3v) is 24.7. The molecule has 4 atom stereocenters. The molecule has 0 bridgehead atoms. The maximum atomic E-state index is 13.0. The number of hydrogen-bond acceptors (Lipinski definition) is 12. The van der Waals surface area contributed by atoms with Gasteiger partial charge in [0, 0.05) is 158 Å². The van der Waals surface area contributed by atoms with Gasteiger partial charge in [0.15, 0.2) is 23.1 Å². The van der Waals surface area contributed by atoms with Crippen LogP contribution in [0.4, 0.5) is 0 Å². The Balaban J connectivity index is 0.000000165. The molecular formula is C107H126Cl4N8O8. The molecule has 20 heteroatoms. The Bertz CT molecular complexity index is 6340. The van der Waals surface area contributed by atoms with Gasteiger partial charge in [-0.2, -0.15) is 0 Å². The van der Waals surface area contributed by atoms with Crippen molar-refractivity contribution in [2.45, 2.75) is 273 Å². The molecule has 0 N–H and O–H groups in total. The van der Waals surface area contributed by atoms with Crippen LogP contribution < -0.4 is 0 Å². The molecule has 1 aliphatic rings. The van der Waals surface area contributed by atoms with Crippen molar-refractivity contribution in [2.24, 2.45) is 13.0 Å². The first kappa shape index (κ1) is 97.9. The van der Waals surface area contributed by atoms with Crippen LogP contribution in [0.25, 0.3) is 88.6 Å². The standard InChI is InChI=1S/C30H33ClN2O2.C27H33ClN2O2.C26H31ClN2O2.C24H29ClN2O2/c1-18-20(3)33(17-22-11-9-8-10-12-22)29-25(18)27(23-13-15-24(31)16-14-23)26(19(2)32-29)28(21(4)34)35-30(5,6)7;1-15-17(3)30(14-19-8-9-19)26-22(15)24(20-10-12-21(28)13-11-20)23(16(2)29-26)25(18(4)31)32-27(5,6)7;1-9-14-29-17(4)15(2)21-23(19-10-12-20(27)13-11-19)22(16(3)28-25(21)29)24(18(5)30)31-26(6,7)8;1-13-15(3)27(8)23-19(13)21(17-9-11-18(25)12-10-17)20(14(2)26-23)22(16(4)28)29-24(5,6)7/h8-16,28H,17H2,1-7H3;10-13,19,25H,8-9,14H2,1-7H3;9-13,24H,1,14H2,2-8H3;9-12,22H,1-8H3. The van der Waals surface area contributed by atoms with Gasteiger partial charge in [0.2, 0.25) is 0 Å². The molecule has 13 aromatic rings. The number of ether oxygens (including phenoxy) is 4. The van der Waals surface area contributed by atoms with Crippen molar-refractivity contribution in [3.63, 3.8) is 0 Å². The van der Waals surface area contributed by atoms with Gasteiger partial charge in [0.25, 0.3) is 0 Å². The zero-order valence-corrected chi connectivity index (χ0v) is 82.7. The van der Waals surface area contributed by atoms with E-state index in [4.69, 9.17) is 85.3 Å². The van der Waals surface area contributed by atoms with Crippen molar-refractivity contribution < 1.29 is 38.1 Å². The fourth-order valence-electron chi connectivity index (χ4n) is 17.1. The SMILES string of the molecule is C=CCn1c(C)c(C)c2c(-c3ccc(Cl)cc3)c(C(OC(C)(C)C)C(C)=O)c(C)nc21.CC(=O)C(OC(C)(C)C)c1c(C)nc2c(c(C)c(C)n2C)c1-c1ccc(Cl)cc1.CC(=O)C(OC(C)(C)C)c1c(C)nc2c(c(C)c(C)n2CC2CC2)c1-c1ccc(Cl)cc1.CC(=O)C(OC(C)(C)C)c1c(C)nc2c(c(C)c(C)n2Cc2ccccc2)c1-c1ccc(Cl)cc1. The van der Waals surface area contributed by atoms with E-state index < -0.39 is 46.8 Å². The highest BCUT2D eigenvalue weighted by Crippen LogP contribution is 2.49. The summed E-state index contributed by atoms with van der Waals surface area (Å²) in [4.78, 5) is 71.4. The van der Waals surface area contributed by atoms with E-state index in [1.807, 2.05) is 227 Å². The largest absolute Gasteiger partial charge is 0.360 e. The van der Waals surface area contributed by atoms with Crippen molar-refractivity contribution in [3.05, 3.63) is 256 Å². The number of aryl methyl sites for hydroxylation is 9. The van der Waals surface area contributed by atoms with Crippen LogP contribution in [0.1, 0.15) is 244 Å². The van der Waals surface area contributed by atoms with E-state index in [0.29, 0.717) is 26.6 Å². The second-order valence-corrected chi connectivity index (χ2v) is 39.8. The van der Waals surface area contributed by atoms with E-state index in [2.05, 4.69) is 105 Å². The van der Waals surface area contributed by atoms with Gasteiger partial charge in [-0.05, 0) is 311 Å². The van der Waals surface area contributed by atoms with Gasteiger partial charge in [-0.25, -0.2) is 19.9 Å². The Morgan fingerprint density at radius 3 is 0.906 bits per heavy atom. The summed E-state index contributed by atoms with van der Waals surface area (Å²) in [7, 11) is 2.02. The van der Waals surface area contributed by atoms with Gasteiger partial charge in [-0.1, -0.05) is 131 Å². The zero-order valence-electron chi connectivity index (χ0n) is 79.7. The summed E-state index contributed by atoms with van der Waals surface area (Å²) >= 11 is 24.8. The summed E-state index contributed by atoms with van der Waals surface area (Å²) < 4.78 is 34.1. The van der Waals surface area contributed by atoms with Crippen molar-refractivity contribution in [2.75, 3.05) is 0 Å². The number of pyridine rings is 4. The zero-order chi connectivity index (χ0) is 93.6. The number of hydrogen-bond donors (Lipinski definition) is 0. The van der Waals surface area contributed by atoms with Crippen LogP contribution in [-0.4, -0.2) is 83.7 Å². The minimum atomic E-state index is -0.727. The first-order valence-electron chi connectivity index (χ1n) is 43.7. The van der Waals surface area contributed by atoms with E-state index in [-0.39, 0.29) is 23.1 Å². The molecule has 16 nitrogen and oxygen atoms in total. The third kappa shape index (κ3) is 21.7. The third-order valence-electron chi connectivity index (χ3n) is 23.7. The van der Waals surface area contributed by atoms with E-state index in [1.54, 1.807) is 27.7 Å². The van der Waals surface area contributed by atoms with Gasteiger partial charge in [-0.15, -0.1) is 6.58 Å². The predicted molar refractivity (Wildman–Crippen MR) is 524 cm³/mol. The number of carbonyl (C=O) groups excluding carboxylic acids is 4. The van der Waals surface area contributed by atoms with Gasteiger partial charge in [-0.3, -0.25) is 19.2 Å². The summed E-state index contributed by atoms with van der Waals surface area (Å²) in [5.74, 6) is 0.585. The summed E-state index contributed by atoms with van der Waals surface area (Å²) in [5.41, 5.74) is 26.8. The molecule has 0 saturated heterocycles. The fourth-order valence-corrected chi connectivity index (χ4v) is 17.6. The number of carbonyl (C=O) groups is 4. The van der Waals surface area contributed by atoms with E-state index in [9.17, 15) is 19.2 Å². The van der Waals surface area contributed by atoms with E-state index >= 15 is 0 Å². The average Bonchev–Trinajstić information content (AvgIpc) is 1.62. The van der Waals surface area contributed by atoms with Crippen LogP contribution in [0, 0.1) is 89.0 Å². The predicted octanol–water partition coefficient (Wildman–Crippen LogP) is 28.1. The van der Waals surface area contributed by atoms with Crippen LogP contribution in [0.5, 0.6) is 0 Å². The molecule has 4 unspecified atom stereocenters. The topological polar surface area (TPSA) is 176 Å². The van der Waals surface area contributed by atoms with Crippen LogP contribution >= 0.6 is 46.4 Å². The Hall–Kier alpha value is -9.72. The maximum Gasteiger partial charge on any atom is 0.163 e. The lowest BCUT2D eigenvalue weighted by Gasteiger charge is -2.29. The average molecular weight is 1790 g/mol. The molecule has 1 aliphatic carbocycles. The van der Waals surface area contributed by atoms with E-state index in [0.717, 1.165) is 186 Å². The van der Waals surface area contributed by atoms with Crippen LogP contribution in [0.15, 0.2) is 140 Å². The molecular weight excluding hydrogens is 1670 g/mol. The smallest absolute Gasteiger partial charge is 0.163 e. The van der Waals surface area contributed by atoms with Crippen molar-refractivity contribution in [1.82, 2.24) is 38.2 Å². The maximum absolute atomic E-state index is 13.0. The van der Waals surface area contributed by atoms with Crippen LogP contribution in [0.2, 0.25) is 20.1 Å². The normalized spacial score (nSPS) is 13.6. The fraction of sp³-hybridized carbons (Fsp3) is 0.402. The number of ketones is 4. The molecule has 0 aliphatic heterocycles. The van der Waals surface area contributed by atoms with Crippen molar-refractivity contribution >= 4 is 114 Å². The lowest BCUT2D eigenvalue weighted by atomic mass is 9.90. The lowest BCUT2D eigenvalue weighted by molar-refractivity contribution is -0.139. The molecule has 8 aromatic heterocycles. The van der Waals surface area contributed by atoms with Gasteiger partial charge >= 0.3 is 0 Å². The number of rotatable bonds is 22. The number of allylic oxidation sites excluding steroid dienone is 1. The van der Waals surface area contributed by atoms with Crippen LogP contribution in [0.3, 0.4) is 0 Å². The van der Waals surface area contributed by atoms with Crippen molar-refractivity contribution in [1.29, 1.82) is 0 Å². The summed E-state index contributed by atoms with van der Waals surface area (Å²) in [6.07, 6.45) is 1.61. The van der Waals surface area contributed by atoms with E-state index in [1.165, 1.54) is 29.7 Å². The molecule has 127 heavy (non-hydrogen) atoms. The monoisotopic (exact) mass is 1790 g/mol. The first-order chi connectivity index (χ1) is 59.3. The number of halogens is 4. The lowest BCUT2D eigenvalue weighted by Crippen LogP contribution is -2.27. The molecule has 1 saturated carbocycles. The van der Waals surface area contributed by atoms with Gasteiger partial charge < -0.3 is 37.2 Å². The molecule has 1 fully saturated rings. The number of nitrogens with zero attached hydrogens (tertiary/aromatic N) is 8. The highest BCUT2D eigenvalue weighted by Gasteiger charge is 2.38. The number of Topliss-reactive ketones (excluding diaryl/α,β-unsaturated/α-hetero) is 4. The van der Waals surface area contributed by atoms with Gasteiger partial charge in [0.1, 0.15) is 47.0 Å². The second kappa shape index (κ2) is 38.9. The minimum absolute atomic E-state index is 0.0221. The summed E-state index contributed by atoms with van der Waals surface area (Å²) in [6.45, 7) is 61.1. The molecule has 5 aromatic carbocycles. The highest BCUT2D eigenvalue weighted by atomic mass is 35.5. The molecule has 0 radical (unpaired) electrons.